The summed E-state index contributed by atoms with van der Waals surface area (Å²) in [6.45, 7) is 50.2. The lowest BCUT2D eigenvalue weighted by molar-refractivity contribution is -0.163. The van der Waals surface area contributed by atoms with Gasteiger partial charge >= 0.3 is 35.8 Å². The molecule has 18 aliphatic rings. The van der Waals surface area contributed by atoms with Gasteiger partial charge < -0.3 is 96.1 Å². The standard InChI is InChI=1S/C19H29N3O6S.C18H27N3O4.4C16H24N2O4/c1-10(20-29(4,27)28)7-13-5-6-21(8-13)9-14-11(2)16-15(12(3)23)18(24)22(16)17(14)19(25)26;1-9(19)6-12-4-5-20(7-12)8-13-10(2)15-14(11(3)22)17(23)21(15)16(13)18(24)25;4*1-8-4-5-17(6-8)7-11-9(2)13-12(10(3)19)15(20)18(13)14(11)16(21)22/h11-13,15-16,20,23H,1,5-9H2,2-4H3,(H,25,26);10-12,14-15,19,22H,4-8H2,1-3H3,(H,24,25);4*8-10,12-13,19H,4-7H2,1-3H3,(H,21,22)/t11-,12+,13+,15?,16?;10-,11+,12+,14?,15?;8-,9+,10-,12?,13?;3*8-,9-,10+,12?,13?/m001000/s1. The molecule has 0 aromatic rings. The van der Waals surface area contributed by atoms with Crippen molar-refractivity contribution in [3.63, 3.8) is 0 Å². The molecule has 0 radical (unpaired) electrons. The highest BCUT2D eigenvalue weighted by Gasteiger charge is 2.67. The molecule has 14 N–H and O–H groups in total. The minimum absolute atomic E-state index is 0.0145. The van der Waals surface area contributed by atoms with Gasteiger partial charge in [-0.1, -0.05) is 75.8 Å². The number of rotatable bonds is 30. The Balaban J connectivity index is 0.000000144. The van der Waals surface area contributed by atoms with Gasteiger partial charge in [-0.2, -0.15) is 0 Å². The molecule has 0 spiro atoms. The van der Waals surface area contributed by atoms with Crippen LogP contribution in [0.5, 0.6) is 0 Å². The van der Waals surface area contributed by atoms with E-state index in [9.17, 15) is 127 Å². The molecule has 0 saturated carbocycles. The molecule has 30 atom stereocenters. The molecular weight excluding hydrogens is 1860 g/mol. The Kier molecular flexibility index (Phi) is 33.6. The summed E-state index contributed by atoms with van der Waals surface area (Å²) < 4.78 is 25.0. The first kappa shape index (κ1) is 110. The van der Waals surface area contributed by atoms with E-state index in [0.717, 1.165) is 151 Å². The molecule has 0 bridgehead atoms. The van der Waals surface area contributed by atoms with E-state index in [2.05, 4.69) is 68.4 Å². The van der Waals surface area contributed by atoms with Gasteiger partial charge in [0, 0.05) is 125 Å². The van der Waals surface area contributed by atoms with Crippen LogP contribution < -0.4 is 4.72 Å². The number of nitrogens with zero attached hydrogens (tertiary/aromatic N) is 12. The highest BCUT2D eigenvalue weighted by Crippen LogP contribution is 2.55. The second kappa shape index (κ2) is 43.4. The van der Waals surface area contributed by atoms with Crippen molar-refractivity contribution in [2.24, 2.45) is 107 Å². The quantitative estimate of drug-likeness (QED) is 0.0363. The predicted molar refractivity (Wildman–Crippen MR) is 518 cm³/mol. The van der Waals surface area contributed by atoms with E-state index < -0.39 is 118 Å². The summed E-state index contributed by atoms with van der Waals surface area (Å²) in [5, 5.41) is 124. The number of aliphatic hydroxyl groups is 6. The third-order valence-electron chi connectivity index (χ3n) is 33.7. The number of carbonyl (C=O) groups is 12. The van der Waals surface area contributed by atoms with Crippen LogP contribution in [0.1, 0.15) is 169 Å². The molecule has 18 aliphatic heterocycles. The zero-order chi connectivity index (χ0) is 105. The SMILES string of the molecule is C=C(C[C@H]1CCN(CC2=C(C(=O)O)N3C(=O)C([C@@H](C)O)C3[C@H]2C)C1)NS(C)(=O)=O.CC(=N)C[C@H]1CCN(CC2=C(C(=O)O)N3C(=O)C([C@@H](C)O)C3[C@H]2C)C1.C[C@@H]1CCN(CC2=C(C(=O)O)N3C(=O)C([C@@H](C)O)C3[C@H]2C)C1.C[C@H]1CCN(CC2=C(C(=O)O)N3C(=O)C([C@@H](C)O)C3[C@H]2C)C1.C[C@H]1CCN(CC2=C(C(=O)O)N3C(=O)C([C@@H](C)O)C3[C@H]2C)C1.C[C@H]1CCN(CC2=C(C(=O)O)N3C(=O)C([C@@H](C)O)C3[C@H]2C)C1. The largest absolute Gasteiger partial charge is 0.477 e. The van der Waals surface area contributed by atoms with Crippen LogP contribution in [-0.2, 0) is 67.6 Å². The number of hydrogen-bond acceptors (Lipinski definition) is 27. The van der Waals surface area contributed by atoms with Crippen LogP contribution in [0.4, 0.5) is 0 Å². The number of carboxylic acid groups (broad SMARTS) is 6. The topological polar surface area (TPSA) is 557 Å². The molecule has 12 fully saturated rings. The molecule has 18 rings (SSSR count). The number of nitrogens with one attached hydrogen (secondary N) is 2. The average molecular weight is 2010 g/mol. The molecule has 142 heavy (non-hydrogen) atoms. The Morgan fingerprint density at radius 1 is 0.324 bits per heavy atom. The molecule has 40 nitrogen and oxygen atoms in total. The van der Waals surface area contributed by atoms with E-state index in [4.69, 9.17) is 5.41 Å². The van der Waals surface area contributed by atoms with Crippen molar-refractivity contribution >= 4 is 87.0 Å². The van der Waals surface area contributed by atoms with E-state index in [1.807, 2.05) is 48.5 Å². The summed E-state index contributed by atoms with van der Waals surface area (Å²) in [5.74, 6) is -7.95. The van der Waals surface area contributed by atoms with Crippen LogP contribution in [0, 0.1) is 112 Å². The third kappa shape index (κ3) is 21.3. The normalized spacial score (nSPS) is 34.8. The number of aliphatic carboxylic acids is 6. The first-order valence-corrected chi connectivity index (χ1v) is 52.7. The van der Waals surface area contributed by atoms with Crippen LogP contribution >= 0.6 is 0 Å². The van der Waals surface area contributed by atoms with E-state index in [-0.39, 0.29) is 147 Å². The number of aliphatic hydroxyl groups excluding tert-OH is 6. The van der Waals surface area contributed by atoms with Crippen LogP contribution in [0.2, 0.25) is 0 Å². The van der Waals surface area contributed by atoms with Crippen LogP contribution in [0.15, 0.2) is 79.9 Å². The number of amides is 6. The number of allylic oxidation sites excluding steroid dienone is 1. The van der Waals surface area contributed by atoms with Crippen LogP contribution in [-0.4, -0.2) is 402 Å². The Bertz CT molecular complexity index is 4930. The van der Waals surface area contributed by atoms with Gasteiger partial charge in [-0.25, -0.2) is 37.2 Å². The fourth-order valence-electron chi connectivity index (χ4n) is 26.8. The van der Waals surface area contributed by atoms with Crippen molar-refractivity contribution in [3.05, 3.63) is 79.9 Å². The smallest absolute Gasteiger partial charge is 0.352 e. The minimum Gasteiger partial charge on any atom is -0.477 e. The van der Waals surface area contributed by atoms with Crippen molar-refractivity contribution in [1.82, 2.24) is 63.5 Å². The highest BCUT2D eigenvalue weighted by atomic mass is 32.2. The van der Waals surface area contributed by atoms with Crippen molar-refractivity contribution in [2.45, 2.75) is 242 Å². The van der Waals surface area contributed by atoms with Gasteiger partial charge in [0.05, 0.1) is 115 Å². The van der Waals surface area contributed by atoms with Gasteiger partial charge in [0.25, 0.3) is 0 Å². The van der Waals surface area contributed by atoms with Gasteiger partial charge in [0.2, 0.25) is 45.5 Å². The lowest BCUT2D eigenvalue weighted by Crippen LogP contribution is -2.63. The highest BCUT2D eigenvalue weighted by molar-refractivity contribution is 7.88. The van der Waals surface area contributed by atoms with Gasteiger partial charge in [-0.3, -0.25) is 62.9 Å². The van der Waals surface area contributed by atoms with Crippen LogP contribution in [0.25, 0.3) is 0 Å². The number of carboxylic acids is 6. The molecule has 12 unspecified atom stereocenters. The van der Waals surface area contributed by atoms with Gasteiger partial charge in [-0.05, 0) is 208 Å². The molecule has 41 heteroatoms. The maximum Gasteiger partial charge on any atom is 0.352 e. The summed E-state index contributed by atoms with van der Waals surface area (Å²) >= 11 is 0. The Hall–Kier alpha value is -9.24. The maximum atomic E-state index is 12.4. The molecule has 0 aromatic carbocycles. The number of carbonyl (C=O) groups excluding carboxylic acids is 6. The minimum atomic E-state index is -3.34. The first-order chi connectivity index (χ1) is 66.4. The van der Waals surface area contributed by atoms with E-state index in [0.29, 0.717) is 98.8 Å². The van der Waals surface area contributed by atoms with E-state index in [1.54, 1.807) is 41.5 Å². The lowest BCUT2D eigenvalue weighted by atomic mass is 9.77. The number of β-lactam (4-membered cyclic amide) rings is 6. The monoisotopic (exact) mass is 2010 g/mol. The Labute approximate surface area is 831 Å². The Morgan fingerprint density at radius 2 is 0.493 bits per heavy atom. The third-order valence-corrected chi connectivity index (χ3v) is 34.4. The maximum absolute atomic E-state index is 12.4. The first-order valence-electron chi connectivity index (χ1n) is 50.8. The number of fused-ring (bicyclic) bond motifs is 6. The fourth-order valence-corrected chi connectivity index (χ4v) is 27.4. The number of sulfonamides is 1. The van der Waals surface area contributed by atoms with Gasteiger partial charge in [-0.15, -0.1) is 0 Å². The van der Waals surface area contributed by atoms with Crippen molar-refractivity contribution in [1.29, 1.82) is 5.41 Å². The fraction of sp³-hybridized carbons (Fsp3) is 0.733. The molecule has 788 valence electrons. The van der Waals surface area contributed by atoms with Gasteiger partial charge in [0.15, 0.2) is 0 Å². The van der Waals surface area contributed by atoms with Crippen LogP contribution in [0.3, 0.4) is 0 Å². The van der Waals surface area contributed by atoms with Crippen molar-refractivity contribution in [3.8, 4) is 0 Å². The van der Waals surface area contributed by atoms with E-state index >= 15 is 0 Å². The lowest BCUT2D eigenvalue weighted by Gasteiger charge is -2.46. The van der Waals surface area contributed by atoms with E-state index in [1.165, 1.54) is 29.4 Å². The summed E-state index contributed by atoms with van der Waals surface area (Å²) in [7, 11) is -3.34. The van der Waals surface area contributed by atoms with Gasteiger partial charge in [0.1, 0.15) is 34.2 Å². The van der Waals surface area contributed by atoms with Crippen molar-refractivity contribution in [2.75, 3.05) is 124 Å². The average Bonchev–Trinajstić information content (AvgIpc) is 1.58. The molecule has 6 amide bonds. The zero-order valence-corrected chi connectivity index (χ0v) is 86.1. The Morgan fingerprint density at radius 3 is 0.641 bits per heavy atom. The molecule has 18 heterocycles. The summed E-state index contributed by atoms with van der Waals surface area (Å²) in [4.78, 5) is 166. The molecule has 12 saturated heterocycles. The number of hydrogen-bond donors (Lipinski definition) is 14. The second-order valence-corrected chi connectivity index (χ2v) is 46.3. The van der Waals surface area contributed by atoms with Crippen molar-refractivity contribution < 1.29 is 127 Å². The molecular formula is C101H152N14O26S. The summed E-state index contributed by atoms with van der Waals surface area (Å²) in [6.07, 6.45) is 4.27. The molecule has 0 aliphatic carbocycles. The summed E-state index contributed by atoms with van der Waals surface area (Å²) in [5.41, 5.74) is 6.76. The zero-order valence-electron chi connectivity index (χ0n) is 85.3. The molecule has 0 aromatic heterocycles. The second-order valence-electron chi connectivity index (χ2n) is 44.6. The predicted octanol–water partition coefficient (Wildman–Crippen LogP) is 2.99. The summed E-state index contributed by atoms with van der Waals surface area (Å²) in [6, 6.07) is -1.35. The number of likely N-dealkylation sites (tertiary alicyclic amines) is 6.